The second kappa shape index (κ2) is 5.93. The summed E-state index contributed by atoms with van der Waals surface area (Å²) >= 11 is 0. The zero-order chi connectivity index (χ0) is 15.6. The van der Waals surface area contributed by atoms with Gasteiger partial charge in [-0.1, -0.05) is 38.1 Å². The molecule has 0 saturated carbocycles. The number of ether oxygens (including phenoxy) is 1. The summed E-state index contributed by atoms with van der Waals surface area (Å²) in [6.07, 6.45) is -7.16. The number of hydrogen-bond donors (Lipinski definition) is 1. The van der Waals surface area contributed by atoms with E-state index in [4.69, 9.17) is 4.74 Å². The zero-order valence-corrected chi connectivity index (χ0v) is 11.8. The molecule has 2 nitrogen and oxygen atoms in total. The van der Waals surface area contributed by atoms with E-state index in [1.807, 2.05) is 13.8 Å². The van der Waals surface area contributed by atoms with Crippen LogP contribution in [0.25, 0.3) is 10.8 Å². The van der Waals surface area contributed by atoms with Crippen LogP contribution in [-0.4, -0.2) is 17.9 Å². The van der Waals surface area contributed by atoms with Crippen molar-refractivity contribution in [2.45, 2.75) is 26.1 Å². The number of fused-ring (bicyclic) bond motifs is 1. The maximum atomic E-state index is 12.7. The van der Waals surface area contributed by atoms with E-state index in [-0.39, 0.29) is 5.56 Å². The van der Waals surface area contributed by atoms with Gasteiger partial charge in [0.2, 0.25) is 0 Å². The van der Waals surface area contributed by atoms with Crippen LogP contribution in [0, 0.1) is 5.92 Å². The highest BCUT2D eigenvalue weighted by Crippen LogP contribution is 2.36. The molecule has 21 heavy (non-hydrogen) atoms. The minimum absolute atomic E-state index is 0.143. The van der Waals surface area contributed by atoms with E-state index in [2.05, 4.69) is 0 Å². The number of halogens is 3. The molecule has 0 aliphatic heterocycles. The molecule has 0 saturated heterocycles. The second-order valence-corrected chi connectivity index (χ2v) is 5.38. The Morgan fingerprint density at radius 3 is 2.48 bits per heavy atom. The Morgan fingerprint density at radius 2 is 1.86 bits per heavy atom. The van der Waals surface area contributed by atoms with E-state index < -0.39 is 12.3 Å². The van der Waals surface area contributed by atoms with Crippen molar-refractivity contribution in [3.8, 4) is 5.75 Å². The maximum absolute atomic E-state index is 12.7. The second-order valence-electron chi connectivity index (χ2n) is 5.38. The average molecular weight is 298 g/mol. The van der Waals surface area contributed by atoms with Gasteiger partial charge in [-0.05, 0) is 34.4 Å². The van der Waals surface area contributed by atoms with Gasteiger partial charge in [-0.15, -0.1) is 0 Å². The fourth-order valence-electron chi connectivity index (χ4n) is 2.05. The lowest BCUT2D eigenvalue weighted by Gasteiger charge is -2.17. The van der Waals surface area contributed by atoms with Crippen molar-refractivity contribution in [2.24, 2.45) is 5.92 Å². The van der Waals surface area contributed by atoms with Crippen molar-refractivity contribution in [3.63, 3.8) is 0 Å². The summed E-state index contributed by atoms with van der Waals surface area (Å²) in [6.45, 7) is 4.56. The first-order valence-corrected chi connectivity index (χ1v) is 6.69. The molecule has 0 radical (unpaired) electrons. The normalized spacial score (nSPS) is 13.7. The summed E-state index contributed by atoms with van der Waals surface area (Å²) in [5.74, 6) is 0.967. The Labute approximate surface area is 121 Å². The van der Waals surface area contributed by atoms with Gasteiger partial charge in [0.1, 0.15) is 5.75 Å². The number of aliphatic hydroxyl groups excluding tert-OH is 1. The first-order valence-electron chi connectivity index (χ1n) is 6.69. The summed E-state index contributed by atoms with van der Waals surface area (Å²) < 4.78 is 43.6. The van der Waals surface area contributed by atoms with Crippen molar-refractivity contribution in [1.29, 1.82) is 0 Å². The van der Waals surface area contributed by atoms with E-state index >= 15 is 0 Å². The van der Waals surface area contributed by atoms with Gasteiger partial charge in [0, 0.05) is 0 Å². The first-order chi connectivity index (χ1) is 9.79. The predicted molar refractivity (Wildman–Crippen MR) is 75.3 cm³/mol. The van der Waals surface area contributed by atoms with E-state index in [0.717, 1.165) is 0 Å². The minimum atomic E-state index is -4.68. The number of aliphatic hydroxyl groups is 1. The van der Waals surface area contributed by atoms with Crippen molar-refractivity contribution in [2.75, 3.05) is 6.61 Å². The van der Waals surface area contributed by atoms with E-state index in [9.17, 15) is 18.3 Å². The standard InChI is InChI=1S/C16H17F3O2/c1-10(2)9-21-12-6-7-13-11(8-12)4-3-5-14(13)15(20)16(17,18)19/h3-8,10,15,20H,9H2,1-2H3. The van der Waals surface area contributed by atoms with E-state index in [1.54, 1.807) is 24.3 Å². The van der Waals surface area contributed by atoms with Crippen molar-refractivity contribution >= 4 is 10.8 Å². The third-order valence-electron chi connectivity index (χ3n) is 3.07. The molecular weight excluding hydrogens is 281 g/mol. The number of benzene rings is 2. The average Bonchev–Trinajstić information content (AvgIpc) is 2.42. The van der Waals surface area contributed by atoms with E-state index in [1.165, 1.54) is 12.1 Å². The minimum Gasteiger partial charge on any atom is -0.493 e. The Kier molecular flexibility index (Phi) is 4.42. The molecule has 2 aromatic carbocycles. The molecule has 5 heteroatoms. The fourth-order valence-corrected chi connectivity index (χ4v) is 2.05. The van der Waals surface area contributed by atoms with Crippen LogP contribution in [0.4, 0.5) is 13.2 Å². The van der Waals surface area contributed by atoms with Crippen LogP contribution in [0.3, 0.4) is 0 Å². The van der Waals surface area contributed by atoms with Crippen molar-refractivity contribution in [3.05, 3.63) is 42.0 Å². The topological polar surface area (TPSA) is 29.5 Å². The highest BCUT2D eigenvalue weighted by molar-refractivity contribution is 5.87. The van der Waals surface area contributed by atoms with Gasteiger partial charge in [0.15, 0.2) is 6.10 Å². The fraction of sp³-hybridized carbons (Fsp3) is 0.375. The lowest BCUT2D eigenvalue weighted by atomic mass is 10.00. The van der Waals surface area contributed by atoms with Gasteiger partial charge in [-0.2, -0.15) is 13.2 Å². The molecule has 2 aromatic rings. The van der Waals surface area contributed by atoms with Gasteiger partial charge in [0.05, 0.1) is 6.61 Å². The molecule has 114 valence electrons. The number of hydrogen-bond acceptors (Lipinski definition) is 2. The summed E-state index contributed by atoms with van der Waals surface area (Å²) in [5, 5.41) is 10.4. The van der Waals surface area contributed by atoms with Crippen LogP contribution < -0.4 is 4.74 Å². The summed E-state index contributed by atoms with van der Waals surface area (Å²) in [4.78, 5) is 0. The van der Waals surface area contributed by atoms with Crippen LogP contribution >= 0.6 is 0 Å². The monoisotopic (exact) mass is 298 g/mol. The van der Waals surface area contributed by atoms with Gasteiger partial charge in [-0.3, -0.25) is 0 Å². The number of alkyl halides is 3. The summed E-state index contributed by atoms with van der Waals surface area (Å²) in [5.41, 5.74) is -0.143. The zero-order valence-electron chi connectivity index (χ0n) is 11.8. The molecule has 0 aromatic heterocycles. The molecule has 0 heterocycles. The molecule has 0 aliphatic rings. The largest absolute Gasteiger partial charge is 0.493 e. The lowest BCUT2D eigenvalue weighted by molar-refractivity contribution is -0.206. The predicted octanol–water partition coefficient (Wildman–Crippen LogP) is 4.47. The molecule has 0 spiro atoms. The Balaban J connectivity index is 2.38. The SMILES string of the molecule is CC(C)COc1ccc2c(C(O)C(F)(F)F)cccc2c1. The molecule has 0 fully saturated rings. The Bertz CT molecular complexity index is 620. The molecule has 0 amide bonds. The molecule has 1 atom stereocenters. The molecule has 0 bridgehead atoms. The third-order valence-corrected chi connectivity index (χ3v) is 3.07. The van der Waals surface area contributed by atoms with Crippen molar-refractivity contribution < 1.29 is 23.0 Å². The van der Waals surface area contributed by atoms with Crippen LogP contribution in [0.2, 0.25) is 0 Å². The van der Waals surface area contributed by atoms with Gasteiger partial charge in [0.25, 0.3) is 0 Å². The molecule has 2 rings (SSSR count). The maximum Gasteiger partial charge on any atom is 0.418 e. The molecule has 1 unspecified atom stereocenters. The van der Waals surface area contributed by atoms with Crippen LogP contribution in [0.1, 0.15) is 25.5 Å². The molecule has 1 N–H and O–H groups in total. The quantitative estimate of drug-likeness (QED) is 0.902. The van der Waals surface area contributed by atoms with E-state index in [0.29, 0.717) is 29.0 Å². The van der Waals surface area contributed by atoms with Crippen LogP contribution in [0.15, 0.2) is 36.4 Å². The van der Waals surface area contributed by atoms with Gasteiger partial charge < -0.3 is 9.84 Å². The summed E-state index contributed by atoms with van der Waals surface area (Å²) in [7, 11) is 0. The van der Waals surface area contributed by atoms with Crippen molar-refractivity contribution in [1.82, 2.24) is 0 Å². The Morgan fingerprint density at radius 1 is 1.14 bits per heavy atom. The third kappa shape index (κ3) is 3.67. The smallest absolute Gasteiger partial charge is 0.418 e. The molecular formula is C16H17F3O2. The highest BCUT2D eigenvalue weighted by Gasteiger charge is 2.40. The first kappa shape index (κ1) is 15.6. The molecule has 0 aliphatic carbocycles. The lowest BCUT2D eigenvalue weighted by Crippen LogP contribution is -2.20. The van der Waals surface area contributed by atoms with Crippen LogP contribution in [-0.2, 0) is 0 Å². The summed E-state index contributed by atoms with van der Waals surface area (Å²) in [6, 6.07) is 9.34. The van der Waals surface area contributed by atoms with Crippen LogP contribution in [0.5, 0.6) is 5.75 Å². The Hall–Kier alpha value is -1.75. The number of rotatable bonds is 4. The van der Waals surface area contributed by atoms with Gasteiger partial charge in [-0.25, -0.2) is 0 Å². The van der Waals surface area contributed by atoms with Gasteiger partial charge >= 0.3 is 6.18 Å². The highest BCUT2D eigenvalue weighted by atomic mass is 19.4.